The molecule has 3 rings (SSSR count). The molecular weight excluding hydrogens is 342 g/mol. The van der Waals surface area contributed by atoms with Crippen LogP contribution in [0.5, 0.6) is 0 Å². The highest BCUT2D eigenvalue weighted by molar-refractivity contribution is 7.13. The summed E-state index contributed by atoms with van der Waals surface area (Å²) in [5, 5.41) is 15.1. The third-order valence-electron chi connectivity index (χ3n) is 5.12. The number of hydrogen-bond donors (Lipinski definition) is 1. The molecule has 0 radical (unpaired) electrons. The first-order chi connectivity index (χ1) is 12.0. The van der Waals surface area contributed by atoms with E-state index in [1.54, 1.807) is 0 Å². The van der Waals surface area contributed by atoms with E-state index in [9.17, 15) is 19.7 Å². The van der Waals surface area contributed by atoms with Crippen LogP contribution in [0, 0.1) is 16.0 Å². The molecule has 0 aromatic carbocycles. The second-order valence-electron chi connectivity index (χ2n) is 6.84. The molecule has 0 spiro atoms. The number of amides is 2. The summed E-state index contributed by atoms with van der Waals surface area (Å²) in [5.74, 6) is 0.186. The Balaban J connectivity index is 1.47. The summed E-state index contributed by atoms with van der Waals surface area (Å²) >= 11 is 0.955. The SMILES string of the molecule is O=C(NC1CCN(C(=O)C2CCCCC2)CC1)c1csc([N+](=O)[O-])c1. The first-order valence-electron chi connectivity index (χ1n) is 8.87. The molecule has 2 amide bonds. The van der Waals surface area contributed by atoms with Crippen molar-refractivity contribution in [1.29, 1.82) is 0 Å². The van der Waals surface area contributed by atoms with Gasteiger partial charge in [0, 0.05) is 36.5 Å². The maximum atomic E-state index is 12.5. The Morgan fingerprint density at radius 1 is 1.16 bits per heavy atom. The van der Waals surface area contributed by atoms with Crippen LogP contribution < -0.4 is 5.32 Å². The van der Waals surface area contributed by atoms with Gasteiger partial charge in [-0.2, -0.15) is 0 Å². The van der Waals surface area contributed by atoms with Gasteiger partial charge in [0.1, 0.15) is 0 Å². The Hall–Kier alpha value is -1.96. The van der Waals surface area contributed by atoms with Crippen molar-refractivity contribution in [2.45, 2.75) is 51.0 Å². The molecule has 1 saturated heterocycles. The van der Waals surface area contributed by atoms with Gasteiger partial charge in [-0.3, -0.25) is 19.7 Å². The molecule has 2 heterocycles. The van der Waals surface area contributed by atoms with Crippen LogP contribution in [0.4, 0.5) is 5.00 Å². The summed E-state index contributed by atoms with van der Waals surface area (Å²) in [5.41, 5.74) is 0.331. The number of piperidine rings is 1. The van der Waals surface area contributed by atoms with Crippen molar-refractivity contribution < 1.29 is 14.5 Å². The largest absolute Gasteiger partial charge is 0.349 e. The molecule has 0 bridgehead atoms. The van der Waals surface area contributed by atoms with Gasteiger partial charge in [0.15, 0.2) is 0 Å². The number of hydrogen-bond acceptors (Lipinski definition) is 5. The van der Waals surface area contributed by atoms with Crippen LogP contribution >= 0.6 is 11.3 Å². The molecule has 0 atom stereocenters. The van der Waals surface area contributed by atoms with Gasteiger partial charge < -0.3 is 10.2 Å². The Morgan fingerprint density at radius 2 is 1.84 bits per heavy atom. The normalized spacial score (nSPS) is 19.6. The third-order valence-corrected chi connectivity index (χ3v) is 6.00. The summed E-state index contributed by atoms with van der Waals surface area (Å²) in [4.78, 5) is 36.9. The first-order valence-corrected chi connectivity index (χ1v) is 9.75. The van der Waals surface area contributed by atoms with Crippen molar-refractivity contribution in [1.82, 2.24) is 10.2 Å². The molecule has 8 heteroatoms. The Labute approximate surface area is 150 Å². The van der Waals surface area contributed by atoms with E-state index in [2.05, 4.69) is 5.32 Å². The van der Waals surface area contributed by atoms with Gasteiger partial charge in [-0.15, -0.1) is 0 Å². The zero-order valence-corrected chi connectivity index (χ0v) is 14.9. The number of carbonyl (C=O) groups excluding carboxylic acids is 2. The molecule has 1 saturated carbocycles. The van der Waals surface area contributed by atoms with Crippen LogP contribution in [0.15, 0.2) is 11.4 Å². The number of nitrogens with zero attached hydrogens (tertiary/aromatic N) is 2. The monoisotopic (exact) mass is 365 g/mol. The number of nitrogens with one attached hydrogen (secondary N) is 1. The lowest BCUT2D eigenvalue weighted by Gasteiger charge is -2.35. The van der Waals surface area contributed by atoms with Crippen molar-refractivity contribution >= 4 is 28.2 Å². The molecule has 1 N–H and O–H groups in total. The standard InChI is InChI=1S/C17H23N3O4S/c21-16(13-10-15(20(23)24)25-11-13)18-14-6-8-19(9-7-14)17(22)12-4-2-1-3-5-12/h10-12,14H,1-9H2,(H,18,21). The van der Waals surface area contributed by atoms with Crippen LogP contribution in [0.2, 0.25) is 0 Å². The summed E-state index contributed by atoms with van der Waals surface area (Å²) in [6.45, 7) is 1.34. The summed E-state index contributed by atoms with van der Waals surface area (Å²) in [6.07, 6.45) is 7.01. The predicted octanol–water partition coefficient (Wildman–Crippen LogP) is 2.96. The molecule has 1 aromatic heterocycles. The lowest BCUT2D eigenvalue weighted by atomic mass is 9.87. The molecule has 7 nitrogen and oxygen atoms in total. The predicted molar refractivity (Wildman–Crippen MR) is 94.6 cm³/mol. The zero-order valence-electron chi connectivity index (χ0n) is 14.1. The number of nitro groups is 1. The molecule has 2 fully saturated rings. The minimum absolute atomic E-state index is 0.0156. The van der Waals surface area contributed by atoms with Gasteiger partial charge in [0.25, 0.3) is 5.91 Å². The Morgan fingerprint density at radius 3 is 2.44 bits per heavy atom. The first kappa shape index (κ1) is 17.8. The van der Waals surface area contributed by atoms with Crippen molar-refractivity contribution in [3.8, 4) is 0 Å². The number of likely N-dealkylation sites (tertiary alicyclic amines) is 1. The highest BCUT2D eigenvalue weighted by Crippen LogP contribution is 2.27. The van der Waals surface area contributed by atoms with Crippen molar-refractivity contribution in [2.75, 3.05) is 13.1 Å². The van der Waals surface area contributed by atoms with E-state index in [-0.39, 0.29) is 28.8 Å². The van der Waals surface area contributed by atoms with E-state index in [4.69, 9.17) is 0 Å². The maximum absolute atomic E-state index is 12.5. The molecular formula is C17H23N3O4S. The van der Waals surface area contributed by atoms with E-state index in [1.165, 1.54) is 17.9 Å². The van der Waals surface area contributed by atoms with Gasteiger partial charge in [-0.05, 0) is 25.7 Å². The fourth-order valence-corrected chi connectivity index (χ4v) is 4.36. The van der Waals surface area contributed by atoms with Crippen molar-refractivity contribution in [2.24, 2.45) is 5.92 Å². The fourth-order valence-electron chi connectivity index (χ4n) is 3.66. The second kappa shape index (κ2) is 7.95. The highest BCUT2D eigenvalue weighted by Gasteiger charge is 2.29. The van der Waals surface area contributed by atoms with Gasteiger partial charge in [-0.25, -0.2) is 0 Å². The molecule has 25 heavy (non-hydrogen) atoms. The van der Waals surface area contributed by atoms with Crippen LogP contribution in [0.3, 0.4) is 0 Å². The van der Waals surface area contributed by atoms with E-state index in [0.29, 0.717) is 18.7 Å². The highest BCUT2D eigenvalue weighted by atomic mass is 32.1. The lowest BCUT2D eigenvalue weighted by Crippen LogP contribution is -2.48. The van der Waals surface area contributed by atoms with Crippen LogP contribution in [-0.2, 0) is 4.79 Å². The lowest BCUT2D eigenvalue weighted by molar-refractivity contribution is -0.380. The molecule has 1 aliphatic carbocycles. The molecule has 136 valence electrons. The average molecular weight is 365 g/mol. The Kier molecular flexibility index (Phi) is 5.67. The van der Waals surface area contributed by atoms with Crippen molar-refractivity contribution in [3.63, 3.8) is 0 Å². The molecule has 2 aliphatic rings. The van der Waals surface area contributed by atoms with Crippen LogP contribution in [0.1, 0.15) is 55.3 Å². The summed E-state index contributed by atoms with van der Waals surface area (Å²) < 4.78 is 0. The average Bonchev–Trinajstić information content (AvgIpc) is 3.13. The number of rotatable bonds is 4. The second-order valence-corrected chi connectivity index (χ2v) is 7.73. The van der Waals surface area contributed by atoms with Gasteiger partial charge in [0.05, 0.1) is 10.5 Å². The van der Waals surface area contributed by atoms with Crippen LogP contribution in [-0.4, -0.2) is 40.8 Å². The molecule has 1 aromatic rings. The van der Waals surface area contributed by atoms with Gasteiger partial charge in [-0.1, -0.05) is 30.6 Å². The third kappa shape index (κ3) is 4.36. The van der Waals surface area contributed by atoms with E-state index >= 15 is 0 Å². The van der Waals surface area contributed by atoms with E-state index in [1.807, 2.05) is 4.90 Å². The minimum atomic E-state index is -0.489. The minimum Gasteiger partial charge on any atom is -0.349 e. The van der Waals surface area contributed by atoms with E-state index in [0.717, 1.165) is 49.9 Å². The number of carbonyl (C=O) groups is 2. The van der Waals surface area contributed by atoms with E-state index < -0.39 is 4.92 Å². The maximum Gasteiger partial charge on any atom is 0.324 e. The Bertz CT molecular complexity index is 646. The summed E-state index contributed by atoms with van der Waals surface area (Å²) in [7, 11) is 0. The topological polar surface area (TPSA) is 92.6 Å². The quantitative estimate of drug-likeness (QED) is 0.656. The smallest absolute Gasteiger partial charge is 0.324 e. The van der Waals surface area contributed by atoms with Gasteiger partial charge in [0.2, 0.25) is 5.91 Å². The van der Waals surface area contributed by atoms with Crippen molar-refractivity contribution in [3.05, 3.63) is 27.1 Å². The van der Waals surface area contributed by atoms with Gasteiger partial charge >= 0.3 is 5.00 Å². The van der Waals surface area contributed by atoms with Crippen LogP contribution in [0.25, 0.3) is 0 Å². The zero-order chi connectivity index (χ0) is 17.8. The number of thiophene rings is 1. The fraction of sp³-hybridized carbons (Fsp3) is 0.647. The summed E-state index contributed by atoms with van der Waals surface area (Å²) in [6, 6.07) is 1.32. The molecule has 1 aliphatic heterocycles. The molecule has 0 unspecified atom stereocenters.